The number of ether oxygens (including phenoxy) is 1. The van der Waals surface area contributed by atoms with Crippen LogP contribution in [0, 0.1) is 6.92 Å². The van der Waals surface area contributed by atoms with Crippen molar-refractivity contribution in [1.82, 2.24) is 24.8 Å². The Morgan fingerprint density at radius 2 is 1.97 bits per heavy atom. The molecule has 12 heteroatoms. The summed E-state index contributed by atoms with van der Waals surface area (Å²) >= 11 is 1.77. The molecule has 2 aliphatic rings. The van der Waals surface area contributed by atoms with Crippen LogP contribution in [-0.4, -0.2) is 95.8 Å². The number of nitrogens with zero attached hydrogens (tertiary/aromatic N) is 5. The molecule has 0 spiro atoms. The predicted molar refractivity (Wildman–Crippen MR) is 152 cm³/mol. The molecule has 3 aromatic rings. The summed E-state index contributed by atoms with van der Waals surface area (Å²) in [5.74, 6) is 1.35. The van der Waals surface area contributed by atoms with Crippen LogP contribution in [0.1, 0.15) is 35.8 Å². The second-order valence-corrected chi connectivity index (χ2v) is 11.7. The van der Waals surface area contributed by atoms with Gasteiger partial charge in [0.05, 0.1) is 41.7 Å². The second-order valence-electron chi connectivity index (χ2n) is 10.6. The number of thiophene rings is 1. The monoisotopic (exact) mass is 555 g/mol. The number of rotatable bonds is 9. The molecule has 11 nitrogen and oxygen atoms in total. The van der Waals surface area contributed by atoms with E-state index in [2.05, 4.69) is 25.8 Å². The van der Waals surface area contributed by atoms with Gasteiger partial charge in [0.2, 0.25) is 5.91 Å². The van der Waals surface area contributed by atoms with Crippen molar-refractivity contribution in [2.24, 2.45) is 5.73 Å². The van der Waals surface area contributed by atoms with Crippen LogP contribution in [0.5, 0.6) is 0 Å². The highest BCUT2D eigenvalue weighted by Gasteiger charge is 2.34. The molecular weight excluding hydrogens is 516 g/mol. The van der Waals surface area contributed by atoms with Crippen molar-refractivity contribution >= 4 is 38.9 Å². The summed E-state index contributed by atoms with van der Waals surface area (Å²) in [6.07, 6.45) is 3.86. The number of amides is 1. The van der Waals surface area contributed by atoms with E-state index in [1.54, 1.807) is 23.9 Å². The first-order chi connectivity index (χ1) is 18.8. The van der Waals surface area contributed by atoms with Crippen molar-refractivity contribution in [3.05, 3.63) is 46.5 Å². The Balaban J connectivity index is 1.46. The number of aromatic nitrogens is 3. The number of anilines is 1. The maximum Gasteiger partial charge on any atom is 0.237 e. The molecule has 0 unspecified atom stereocenters. The van der Waals surface area contributed by atoms with E-state index in [0.717, 1.165) is 78.7 Å². The molecule has 2 aliphatic heterocycles. The van der Waals surface area contributed by atoms with E-state index in [0.29, 0.717) is 19.0 Å². The maximum atomic E-state index is 11.9. The Morgan fingerprint density at radius 1 is 1.23 bits per heavy atom. The molecule has 0 radical (unpaired) electrons. The lowest BCUT2D eigenvalue weighted by Crippen LogP contribution is -2.76. The molecule has 5 heterocycles. The zero-order chi connectivity index (χ0) is 27.6. The van der Waals surface area contributed by atoms with Crippen LogP contribution in [-0.2, 0) is 20.9 Å². The standard InChI is InChI=1S/C27H38N8O3S/c1-18-20(5-6-29-18)21(16-30-37-4)24-31-22-15-19(39-23(22)25(32-24)34-11-13-38-14-12-34)17-33-7-9-35(10-8-33)27(2,3)26(28)36/h5-6,15-16,29-30H,7-14,17H2,1-4H3,(H2,28,36)/p+1/b21-16+. The second kappa shape index (κ2) is 11.7. The van der Waals surface area contributed by atoms with E-state index in [1.165, 1.54) is 4.88 Å². The quantitative estimate of drug-likeness (QED) is 0.334. The molecule has 2 saturated heterocycles. The molecule has 210 valence electrons. The van der Waals surface area contributed by atoms with Gasteiger partial charge in [0.15, 0.2) is 11.6 Å². The number of morpholine rings is 1. The molecule has 0 saturated carbocycles. The summed E-state index contributed by atoms with van der Waals surface area (Å²) in [4.78, 5) is 38.8. The Morgan fingerprint density at radius 3 is 2.62 bits per heavy atom. The normalized spacial score (nSPS) is 18.3. The van der Waals surface area contributed by atoms with Gasteiger partial charge >= 0.3 is 0 Å². The van der Waals surface area contributed by atoms with Crippen molar-refractivity contribution in [3.63, 3.8) is 0 Å². The molecule has 0 atom stereocenters. The third-order valence-electron chi connectivity index (χ3n) is 7.72. The molecule has 1 amide bonds. The van der Waals surface area contributed by atoms with Crippen LogP contribution in [0.2, 0.25) is 0 Å². The van der Waals surface area contributed by atoms with Gasteiger partial charge in [0.25, 0.3) is 0 Å². The van der Waals surface area contributed by atoms with Gasteiger partial charge in [-0.15, -0.1) is 11.3 Å². The van der Waals surface area contributed by atoms with Gasteiger partial charge < -0.3 is 20.4 Å². The number of H-pyrrole nitrogens is 1. The molecule has 2 fully saturated rings. The van der Waals surface area contributed by atoms with Crippen LogP contribution in [0.25, 0.3) is 15.8 Å². The van der Waals surface area contributed by atoms with Crippen LogP contribution in [0.3, 0.4) is 0 Å². The summed E-state index contributed by atoms with van der Waals surface area (Å²) in [5.41, 5.74) is 10.6. The van der Waals surface area contributed by atoms with E-state index < -0.39 is 5.54 Å². The van der Waals surface area contributed by atoms with E-state index in [1.807, 2.05) is 39.2 Å². The average Bonchev–Trinajstić information content (AvgIpc) is 3.54. The SMILES string of the molecule is CO[NH2+]/C=C(/c1nc(N2CCOCC2)c2sc(CN3CCN(C(C)(C)C(N)=O)CC3)cc2n1)c1cc[nH]c1C. The average molecular weight is 556 g/mol. The van der Waals surface area contributed by atoms with E-state index in [4.69, 9.17) is 25.3 Å². The molecule has 0 aromatic carbocycles. The van der Waals surface area contributed by atoms with Crippen LogP contribution < -0.4 is 16.1 Å². The number of aryl methyl sites for hydroxylation is 1. The number of nitrogens with one attached hydrogen (secondary N) is 1. The fraction of sp³-hybridized carbons (Fsp3) is 0.519. The number of hydrogen-bond acceptors (Lipinski definition) is 9. The minimum absolute atomic E-state index is 0.281. The van der Waals surface area contributed by atoms with Gasteiger partial charge in [-0.05, 0) is 32.9 Å². The Bertz CT molecular complexity index is 1340. The first-order valence-electron chi connectivity index (χ1n) is 13.4. The maximum absolute atomic E-state index is 11.9. The number of carbonyl (C=O) groups is 1. The molecule has 5 N–H and O–H groups in total. The summed E-state index contributed by atoms with van der Waals surface area (Å²) in [6.45, 7) is 13.0. The number of fused-ring (bicyclic) bond motifs is 1. The van der Waals surface area contributed by atoms with Crippen LogP contribution in [0.4, 0.5) is 5.82 Å². The number of aromatic amines is 1. The van der Waals surface area contributed by atoms with E-state index in [9.17, 15) is 4.79 Å². The lowest BCUT2D eigenvalue weighted by Gasteiger charge is -2.42. The molecule has 0 aliphatic carbocycles. The van der Waals surface area contributed by atoms with Gasteiger partial charge in [-0.3, -0.25) is 14.6 Å². The topological polar surface area (TPSA) is 129 Å². The molecule has 39 heavy (non-hydrogen) atoms. The number of nitrogens with two attached hydrogens (primary N) is 2. The lowest BCUT2D eigenvalue weighted by molar-refractivity contribution is -0.842. The van der Waals surface area contributed by atoms with Crippen molar-refractivity contribution in [3.8, 4) is 0 Å². The summed E-state index contributed by atoms with van der Waals surface area (Å²) in [6, 6.07) is 4.25. The number of hydroxylamine groups is 1. The minimum atomic E-state index is -0.633. The third kappa shape index (κ3) is 5.86. The van der Waals surface area contributed by atoms with Crippen molar-refractivity contribution in [1.29, 1.82) is 0 Å². The highest BCUT2D eigenvalue weighted by atomic mass is 32.1. The number of piperazine rings is 1. The Labute approximate surface area is 232 Å². The third-order valence-corrected chi connectivity index (χ3v) is 8.82. The van der Waals surface area contributed by atoms with Crippen molar-refractivity contribution < 1.29 is 19.8 Å². The number of hydrogen-bond donors (Lipinski definition) is 3. The summed E-state index contributed by atoms with van der Waals surface area (Å²) in [5, 5.41) is 0. The van der Waals surface area contributed by atoms with Gasteiger partial charge in [0, 0.05) is 68.1 Å². The van der Waals surface area contributed by atoms with E-state index in [-0.39, 0.29) is 5.91 Å². The van der Waals surface area contributed by atoms with Crippen LogP contribution >= 0.6 is 11.3 Å². The molecule has 3 aromatic heterocycles. The van der Waals surface area contributed by atoms with Gasteiger partial charge in [0.1, 0.15) is 6.20 Å². The smallest absolute Gasteiger partial charge is 0.237 e. The van der Waals surface area contributed by atoms with Gasteiger partial charge in [-0.1, -0.05) is 0 Å². The molecule has 5 rings (SSSR count). The minimum Gasteiger partial charge on any atom is -0.378 e. The fourth-order valence-electron chi connectivity index (χ4n) is 5.16. The zero-order valence-electron chi connectivity index (χ0n) is 23.2. The van der Waals surface area contributed by atoms with Gasteiger partial charge in [-0.25, -0.2) is 14.8 Å². The Kier molecular flexibility index (Phi) is 8.31. The molecular formula is C27H39N8O3S+. The first kappa shape index (κ1) is 27.7. The first-order valence-corrected chi connectivity index (χ1v) is 14.2. The highest BCUT2D eigenvalue weighted by molar-refractivity contribution is 7.19. The van der Waals surface area contributed by atoms with Crippen molar-refractivity contribution in [2.75, 3.05) is 64.5 Å². The van der Waals surface area contributed by atoms with E-state index >= 15 is 0 Å². The molecule has 0 bridgehead atoms. The van der Waals surface area contributed by atoms with Crippen LogP contribution in [0.15, 0.2) is 24.5 Å². The Hall–Kier alpha value is -2.87. The summed E-state index contributed by atoms with van der Waals surface area (Å²) < 4.78 is 6.74. The largest absolute Gasteiger partial charge is 0.378 e. The fourth-order valence-corrected chi connectivity index (χ4v) is 6.31. The summed E-state index contributed by atoms with van der Waals surface area (Å²) in [7, 11) is 1.64. The number of quaternary nitrogens is 1. The van der Waals surface area contributed by atoms with Crippen molar-refractivity contribution in [2.45, 2.75) is 32.9 Å². The lowest BCUT2D eigenvalue weighted by atomic mass is 10.0. The predicted octanol–water partition coefficient (Wildman–Crippen LogP) is 1.06. The zero-order valence-corrected chi connectivity index (χ0v) is 24.0. The highest BCUT2D eigenvalue weighted by Crippen LogP contribution is 2.35. The number of primary amides is 1. The number of carbonyl (C=O) groups excluding carboxylic acids is 1. The van der Waals surface area contributed by atoms with Gasteiger partial charge in [-0.2, -0.15) is 5.48 Å².